The first-order valence-corrected chi connectivity index (χ1v) is 9.54. The monoisotopic (exact) mass is 349 g/mol. The van der Waals surface area contributed by atoms with Gasteiger partial charge in [-0.1, -0.05) is 0 Å². The molecular weight excluding hydrogens is 322 g/mol. The molecule has 2 bridgehead atoms. The minimum absolute atomic E-state index is 0.00104. The number of rotatable bonds is 4. The summed E-state index contributed by atoms with van der Waals surface area (Å²) in [7, 11) is 0. The van der Waals surface area contributed by atoms with E-state index in [0.29, 0.717) is 0 Å². The highest BCUT2D eigenvalue weighted by Crippen LogP contribution is 2.48. The van der Waals surface area contributed by atoms with Gasteiger partial charge in [0.1, 0.15) is 0 Å². The Morgan fingerprint density at radius 3 is 2.40 bits per heavy atom. The van der Waals surface area contributed by atoms with E-state index in [1.54, 1.807) is 0 Å². The fraction of sp³-hybridized carbons (Fsp3) is 0.833. The Morgan fingerprint density at radius 2 is 1.80 bits per heavy atom. The van der Waals surface area contributed by atoms with Crippen molar-refractivity contribution in [2.24, 2.45) is 17.6 Å². The Morgan fingerprint density at radius 1 is 1.16 bits per heavy atom. The smallest absolute Gasteiger partial charge is 0.235 e. The van der Waals surface area contributed by atoms with Crippen molar-refractivity contribution < 1.29 is 19.1 Å². The van der Waals surface area contributed by atoms with Crippen LogP contribution in [0.15, 0.2) is 0 Å². The second-order valence-corrected chi connectivity index (χ2v) is 7.93. The van der Waals surface area contributed by atoms with Crippen LogP contribution in [-0.2, 0) is 19.1 Å². The van der Waals surface area contributed by atoms with Gasteiger partial charge in [0, 0.05) is 31.6 Å². The number of amides is 3. The summed E-state index contributed by atoms with van der Waals surface area (Å²) in [6.07, 6.45) is 4.72. The first kappa shape index (κ1) is 17.0. The van der Waals surface area contributed by atoms with Crippen molar-refractivity contribution in [1.82, 2.24) is 9.80 Å². The van der Waals surface area contributed by atoms with Gasteiger partial charge in [0.05, 0.1) is 24.0 Å². The summed E-state index contributed by atoms with van der Waals surface area (Å²) in [4.78, 5) is 41.1. The summed E-state index contributed by atoms with van der Waals surface area (Å²) in [5.74, 6) is -0.907. The second-order valence-electron chi connectivity index (χ2n) is 7.93. The van der Waals surface area contributed by atoms with Crippen molar-refractivity contribution in [3.63, 3.8) is 0 Å². The predicted molar refractivity (Wildman–Crippen MR) is 89.2 cm³/mol. The van der Waals surface area contributed by atoms with E-state index in [1.165, 1.54) is 4.90 Å². The van der Waals surface area contributed by atoms with Crippen molar-refractivity contribution in [2.75, 3.05) is 13.1 Å². The fourth-order valence-corrected chi connectivity index (χ4v) is 5.16. The molecule has 138 valence electrons. The molecule has 4 fully saturated rings. The van der Waals surface area contributed by atoms with Crippen LogP contribution in [0.3, 0.4) is 0 Å². The average Bonchev–Trinajstić information content (AvgIpc) is 3.28. The molecule has 6 atom stereocenters. The minimum Gasteiger partial charge on any atom is -0.373 e. The Kier molecular flexibility index (Phi) is 4.32. The van der Waals surface area contributed by atoms with Crippen molar-refractivity contribution in [3.05, 3.63) is 0 Å². The van der Waals surface area contributed by atoms with E-state index in [9.17, 15) is 14.4 Å². The maximum atomic E-state index is 12.7. The van der Waals surface area contributed by atoms with Crippen molar-refractivity contribution in [3.8, 4) is 0 Å². The topological polar surface area (TPSA) is 92.9 Å². The van der Waals surface area contributed by atoms with E-state index in [-0.39, 0.29) is 66.8 Å². The van der Waals surface area contributed by atoms with E-state index < -0.39 is 0 Å². The fourth-order valence-electron chi connectivity index (χ4n) is 5.16. The van der Waals surface area contributed by atoms with Crippen LogP contribution in [0.4, 0.5) is 0 Å². The largest absolute Gasteiger partial charge is 0.373 e. The summed E-state index contributed by atoms with van der Waals surface area (Å²) < 4.78 is 5.73. The van der Waals surface area contributed by atoms with E-state index in [0.717, 1.165) is 38.6 Å². The lowest BCUT2D eigenvalue weighted by Crippen LogP contribution is -2.52. The molecule has 6 unspecified atom stereocenters. The van der Waals surface area contributed by atoms with Gasteiger partial charge >= 0.3 is 0 Å². The van der Waals surface area contributed by atoms with Crippen molar-refractivity contribution in [2.45, 2.75) is 69.7 Å². The number of ether oxygens (including phenoxy) is 1. The molecule has 4 heterocycles. The van der Waals surface area contributed by atoms with Crippen LogP contribution in [0.25, 0.3) is 0 Å². The third kappa shape index (κ3) is 2.68. The van der Waals surface area contributed by atoms with Gasteiger partial charge < -0.3 is 15.4 Å². The number of nitrogens with two attached hydrogens (primary N) is 1. The molecule has 0 radical (unpaired) electrons. The highest BCUT2D eigenvalue weighted by Gasteiger charge is 2.62. The number of carbonyl (C=O) groups excluding carboxylic acids is 3. The van der Waals surface area contributed by atoms with Crippen LogP contribution >= 0.6 is 0 Å². The molecule has 4 saturated heterocycles. The number of imide groups is 1. The number of hydrogen-bond donors (Lipinski definition) is 1. The molecular formula is C18H27N3O4. The SMILES string of the molecule is CC(N)C1CCCCN1C(=O)CCN1C(=O)C2C3CCC(O3)C2C1=O. The number of hydrogen-bond acceptors (Lipinski definition) is 5. The van der Waals surface area contributed by atoms with Crippen LogP contribution in [0, 0.1) is 11.8 Å². The van der Waals surface area contributed by atoms with Crippen LogP contribution in [-0.4, -0.2) is 64.9 Å². The van der Waals surface area contributed by atoms with Gasteiger partial charge in [0.2, 0.25) is 17.7 Å². The van der Waals surface area contributed by atoms with E-state index >= 15 is 0 Å². The molecule has 0 aromatic heterocycles. The van der Waals surface area contributed by atoms with Gasteiger partial charge in [-0.25, -0.2) is 0 Å². The summed E-state index contributed by atoms with van der Waals surface area (Å²) >= 11 is 0. The molecule has 4 rings (SSSR count). The molecule has 3 amide bonds. The maximum Gasteiger partial charge on any atom is 0.235 e. The van der Waals surface area contributed by atoms with Crippen molar-refractivity contribution in [1.29, 1.82) is 0 Å². The second kappa shape index (κ2) is 6.36. The first-order chi connectivity index (χ1) is 12.0. The maximum absolute atomic E-state index is 12.7. The van der Waals surface area contributed by atoms with E-state index in [1.807, 2.05) is 11.8 Å². The number of piperidine rings is 1. The Bertz CT molecular complexity index is 565. The van der Waals surface area contributed by atoms with E-state index in [4.69, 9.17) is 10.5 Å². The zero-order chi connectivity index (χ0) is 17.7. The van der Waals surface area contributed by atoms with Gasteiger partial charge in [-0.05, 0) is 39.0 Å². The average molecular weight is 349 g/mol. The third-order valence-electron chi connectivity index (χ3n) is 6.40. The molecule has 0 spiro atoms. The van der Waals surface area contributed by atoms with Crippen LogP contribution in [0.1, 0.15) is 45.4 Å². The zero-order valence-corrected chi connectivity index (χ0v) is 14.7. The number of likely N-dealkylation sites (tertiary alicyclic amines) is 2. The Labute approximate surface area is 147 Å². The summed E-state index contributed by atoms with van der Waals surface area (Å²) in [5.41, 5.74) is 6.03. The van der Waals surface area contributed by atoms with Gasteiger partial charge in [-0.15, -0.1) is 0 Å². The summed E-state index contributed by atoms with van der Waals surface area (Å²) in [6, 6.07) is 0.00119. The predicted octanol–water partition coefficient (Wildman–Crippen LogP) is 0.267. The first-order valence-electron chi connectivity index (χ1n) is 9.54. The normalized spacial score (nSPS) is 38.4. The van der Waals surface area contributed by atoms with Crippen LogP contribution in [0.5, 0.6) is 0 Å². The molecule has 2 N–H and O–H groups in total. The number of fused-ring (bicyclic) bond motifs is 5. The molecule has 25 heavy (non-hydrogen) atoms. The number of nitrogens with zero attached hydrogens (tertiary/aromatic N) is 2. The number of carbonyl (C=O) groups is 3. The zero-order valence-electron chi connectivity index (χ0n) is 14.7. The minimum atomic E-state index is -0.312. The molecule has 4 aliphatic heterocycles. The van der Waals surface area contributed by atoms with Gasteiger partial charge in [-0.3, -0.25) is 19.3 Å². The van der Waals surface area contributed by atoms with Gasteiger partial charge in [-0.2, -0.15) is 0 Å². The Balaban J connectivity index is 1.39. The standard InChI is InChI=1S/C18H27N3O4/c1-10(19)11-4-2-3-8-20(11)14(22)7-9-21-17(23)15-12-5-6-13(25-12)16(15)18(21)24/h10-13,15-16H,2-9,19H2,1H3. The molecule has 7 nitrogen and oxygen atoms in total. The summed E-state index contributed by atoms with van der Waals surface area (Å²) in [6.45, 7) is 2.84. The molecule has 7 heteroatoms. The highest BCUT2D eigenvalue weighted by atomic mass is 16.5. The lowest BCUT2D eigenvalue weighted by molar-refractivity contribution is -0.143. The lowest BCUT2D eigenvalue weighted by Gasteiger charge is -2.38. The third-order valence-corrected chi connectivity index (χ3v) is 6.40. The molecule has 0 aromatic rings. The van der Waals surface area contributed by atoms with E-state index in [2.05, 4.69) is 0 Å². The van der Waals surface area contributed by atoms with Crippen LogP contribution < -0.4 is 5.73 Å². The van der Waals surface area contributed by atoms with Gasteiger partial charge in [0.25, 0.3) is 0 Å². The molecule has 0 saturated carbocycles. The molecule has 0 aromatic carbocycles. The Hall–Kier alpha value is -1.47. The lowest BCUT2D eigenvalue weighted by atomic mass is 9.81. The van der Waals surface area contributed by atoms with Crippen LogP contribution in [0.2, 0.25) is 0 Å². The van der Waals surface area contributed by atoms with Crippen molar-refractivity contribution >= 4 is 17.7 Å². The van der Waals surface area contributed by atoms with Gasteiger partial charge in [0.15, 0.2) is 0 Å². The molecule has 0 aliphatic carbocycles. The quantitative estimate of drug-likeness (QED) is 0.735. The molecule has 4 aliphatic rings. The highest BCUT2D eigenvalue weighted by molar-refractivity contribution is 6.06. The summed E-state index contributed by atoms with van der Waals surface area (Å²) in [5, 5.41) is 0.